The fourth-order valence-electron chi connectivity index (χ4n) is 20.8. The van der Waals surface area contributed by atoms with E-state index >= 15 is 0 Å². The van der Waals surface area contributed by atoms with Crippen molar-refractivity contribution >= 4 is 41.6 Å². The van der Waals surface area contributed by atoms with Gasteiger partial charge in [0.2, 0.25) is 41.6 Å². The summed E-state index contributed by atoms with van der Waals surface area (Å²) >= 11 is 0. The predicted octanol–water partition coefficient (Wildman–Crippen LogP) is -5.19. The van der Waals surface area contributed by atoms with Crippen molar-refractivity contribution in [2.45, 2.75) is 207 Å². The smallest absolute Gasteiger partial charge is 0.726 e. The van der Waals surface area contributed by atoms with Crippen LogP contribution < -0.4 is 118 Å². The van der Waals surface area contributed by atoms with Gasteiger partial charge in [0.05, 0.1) is 30.5 Å². The van der Waals surface area contributed by atoms with Crippen LogP contribution in [0.15, 0.2) is 24.3 Å². The second kappa shape index (κ2) is 26.8. The van der Waals surface area contributed by atoms with Gasteiger partial charge in [-0.25, -0.2) is 33.7 Å². The van der Waals surface area contributed by atoms with Crippen molar-refractivity contribution in [1.29, 1.82) is 0 Å². The molecule has 442 valence electrons. The Hall–Kier alpha value is 2.84. The van der Waals surface area contributed by atoms with Crippen molar-refractivity contribution in [2.75, 3.05) is 0 Å². The molecule has 0 aromatic rings. The van der Waals surface area contributed by atoms with Gasteiger partial charge < -0.3 is 33.5 Å². The average molecular weight is 1260 g/mol. The number of fused-ring (bicyclic) bond motifs is 10. The predicted molar refractivity (Wildman–Crippen MR) is 275 cm³/mol. The summed E-state index contributed by atoms with van der Waals surface area (Å²) in [5.41, 5.74) is -1.01. The monoisotopic (exact) mass is 1260 g/mol. The third kappa shape index (κ3) is 15.0. The van der Waals surface area contributed by atoms with Crippen molar-refractivity contribution in [1.82, 2.24) is 0 Å². The number of aliphatic hydroxyl groups is 3. The van der Waals surface area contributed by atoms with Gasteiger partial charge in [0, 0.05) is 0 Å². The number of hydrogen-bond acceptors (Lipinski definition) is 19. The minimum atomic E-state index is -5.16. The van der Waals surface area contributed by atoms with Crippen LogP contribution in [0.4, 0.5) is 0 Å². The van der Waals surface area contributed by atoms with E-state index in [9.17, 15) is 67.2 Å². The molecule has 0 spiro atoms. The van der Waals surface area contributed by atoms with Gasteiger partial charge in [-0.1, -0.05) is 72.8 Å². The quantitative estimate of drug-likeness (QED) is 0.0563. The topological polar surface area (TPSA) is 326 Å². The molecule has 0 saturated heterocycles. The molecule has 9 rings (SSSR count). The van der Waals surface area contributed by atoms with E-state index in [-0.39, 0.29) is 220 Å². The number of aliphatic hydroxyl groups excluding tert-OH is 3. The van der Waals surface area contributed by atoms with E-state index in [4.69, 9.17) is 16.7 Å². The molecule has 9 saturated carbocycles. The molecule has 9 aliphatic carbocycles. The van der Waals surface area contributed by atoms with Gasteiger partial charge in [0.25, 0.3) is 0 Å². The zero-order valence-electron chi connectivity index (χ0n) is 49.6. The van der Waals surface area contributed by atoms with Gasteiger partial charge in [0.1, 0.15) is 12.2 Å². The Kier molecular flexibility index (Phi) is 24.7. The van der Waals surface area contributed by atoms with Crippen LogP contribution in [0.5, 0.6) is 0 Å². The molecule has 0 aromatic heterocycles. The molecule has 3 N–H and O–H groups in total. The van der Waals surface area contributed by atoms with Crippen molar-refractivity contribution < 1.29 is 202 Å². The summed E-state index contributed by atoms with van der Waals surface area (Å²) in [6.07, 6.45) is 6.69. The van der Waals surface area contributed by atoms with Gasteiger partial charge in [-0.2, -0.15) is 0 Å². The van der Waals surface area contributed by atoms with Crippen LogP contribution in [0.2, 0.25) is 0 Å². The Morgan fingerprint density at radius 3 is 1.36 bits per heavy atom. The Labute approximate surface area is 571 Å². The Balaban J connectivity index is 0.00000301. The van der Waals surface area contributed by atoms with E-state index in [1.807, 2.05) is 19.9 Å². The van der Waals surface area contributed by atoms with Gasteiger partial charge in [0.15, 0.2) is 0 Å². The first-order chi connectivity index (χ1) is 35.4. The molecule has 0 aliphatic heterocycles. The molecule has 19 nitrogen and oxygen atoms in total. The average Bonchev–Trinajstić information content (AvgIpc) is 3.93. The molecule has 9 aliphatic rings. The van der Waals surface area contributed by atoms with Gasteiger partial charge in [-0.3, -0.25) is 16.7 Å². The number of hydrogen-bond donors (Lipinski definition) is 3. The maximum Gasteiger partial charge on any atom is 1.00 e. The number of allylic oxidation sites excluding steroid dienone is 2. The summed E-state index contributed by atoms with van der Waals surface area (Å²) in [6.45, 7) is 19.7. The SMILES string of the molecule is C=C1CCC(C)(/C=C/C(O)[C@@H](C)C2CC[C@H]3[C@@H]4C[C@H](OS(=O)(=O)[O-])[C@H]5C[C@@H](O)[C@@H](OS(=O)(=O)[O-])C[C@]5(C)[C@H]4CC[C@]23C)C1CC[C@@H](C)C1CC[C@H]2[C@@H]3C[C@H](OS(=O)(=O)[O-])[C@H]4C[C@H](O)[C@@H](OS(=O)(=O)[O-])C[C@]4(C)[C@H]3CC[C@]12C.[Na+].[Na+].[Na+].[Na+]. The Morgan fingerprint density at radius 1 is 0.556 bits per heavy atom. The summed E-state index contributed by atoms with van der Waals surface area (Å²) in [6, 6.07) is 0. The van der Waals surface area contributed by atoms with Crippen LogP contribution in [0.25, 0.3) is 0 Å². The van der Waals surface area contributed by atoms with E-state index < -0.39 is 107 Å². The molecule has 0 aromatic carbocycles. The molecule has 5 unspecified atom stereocenters. The third-order valence-corrected chi connectivity index (χ3v) is 26.1. The van der Waals surface area contributed by atoms with Crippen molar-refractivity contribution in [3.05, 3.63) is 24.3 Å². The van der Waals surface area contributed by atoms with Crippen LogP contribution in [0, 0.1) is 104 Å². The zero-order chi connectivity index (χ0) is 56.6. The van der Waals surface area contributed by atoms with Crippen molar-refractivity contribution in [2.24, 2.45) is 104 Å². The first-order valence-corrected chi connectivity index (χ1v) is 33.7. The second-order valence-electron chi connectivity index (χ2n) is 27.6. The van der Waals surface area contributed by atoms with Crippen LogP contribution in [-0.4, -0.2) is 110 Å². The first kappa shape index (κ1) is 74.6. The maximum absolute atomic E-state index is 12.2. The molecule has 25 atom stereocenters. The molecule has 81 heavy (non-hydrogen) atoms. The van der Waals surface area contributed by atoms with Gasteiger partial charge in [-0.05, 0) is 220 Å². The van der Waals surface area contributed by atoms with E-state index in [0.717, 1.165) is 70.6 Å². The zero-order valence-corrected chi connectivity index (χ0v) is 60.9. The molecule has 0 heterocycles. The van der Waals surface area contributed by atoms with E-state index in [1.165, 1.54) is 5.57 Å². The third-order valence-electron chi connectivity index (χ3n) is 24.1. The van der Waals surface area contributed by atoms with E-state index in [1.54, 1.807) is 0 Å². The van der Waals surface area contributed by atoms with Crippen LogP contribution in [0.1, 0.15) is 164 Å². The maximum atomic E-state index is 12.2. The molecule has 9 fully saturated rings. The fourth-order valence-corrected chi connectivity index (χ4v) is 22.8. The molecular formula is C54H84Na4O19S4. The Morgan fingerprint density at radius 2 is 0.938 bits per heavy atom. The standard InChI is InChI=1S/C54H88O19S4.4Na/c1-29(35-11-13-37-32-23-46(70-74(58,59)60)41-25-44(56)48(72-76(64,65)66)27-53(41,7)39(32)16-21-51(35,37)5)9-10-34-30(2)15-19-50(34,4)20-18-43(55)31(3)36-12-14-38-33-24-47(71-75(61,62)63)42-26-45(57)49(73-77(67,68)69)28-54(42,8)40(33)17-22-52(36,38)6;;;;/h18,20,29,31-49,55-57H,2,9-17,19,21-28H2,1,3-8H3,(H,58,59,60)(H,61,62,63)(H,64,65,66)(H,67,68,69);;;;/q;4*+1/p-4/b20-18+;;;;/t29-,31+,32+,33+,34?,35?,36?,37+,38+,39+,40+,41-,42-,43?,44+,45-,46+,47+,48+,49+,50?,51-,52-,53-,54-;;;;/m1..../s1. The van der Waals surface area contributed by atoms with E-state index in [0.29, 0.717) is 24.7 Å². The second-order valence-corrected chi connectivity index (χ2v) is 31.6. The summed E-state index contributed by atoms with van der Waals surface area (Å²) in [4.78, 5) is 0. The molecule has 0 bridgehead atoms. The van der Waals surface area contributed by atoms with Crippen LogP contribution >= 0.6 is 0 Å². The van der Waals surface area contributed by atoms with Gasteiger partial charge in [-0.15, -0.1) is 0 Å². The first-order valence-electron chi connectivity index (χ1n) is 28.4. The van der Waals surface area contributed by atoms with Crippen molar-refractivity contribution in [3.63, 3.8) is 0 Å². The Bertz CT molecular complexity index is 2740. The fraction of sp³-hybridized carbons (Fsp3) is 0.926. The molecule has 27 heteroatoms. The molecule has 0 radical (unpaired) electrons. The number of rotatable bonds is 16. The summed E-state index contributed by atoms with van der Waals surface area (Å²) in [5.74, 6) is -0.310. The minimum Gasteiger partial charge on any atom is -0.726 e. The molecular weight excluding hydrogens is 1170 g/mol. The normalized spacial score (nSPS) is 46.1. The van der Waals surface area contributed by atoms with Crippen molar-refractivity contribution in [3.8, 4) is 0 Å². The summed E-state index contributed by atoms with van der Waals surface area (Å²) in [7, 11) is -20.6. The van der Waals surface area contributed by atoms with Gasteiger partial charge >= 0.3 is 118 Å². The van der Waals surface area contributed by atoms with Crippen LogP contribution in [-0.2, 0) is 58.3 Å². The summed E-state index contributed by atoms with van der Waals surface area (Å²) < 4.78 is 164. The van der Waals surface area contributed by atoms with E-state index in [2.05, 4.69) is 47.3 Å². The van der Waals surface area contributed by atoms with Crippen LogP contribution in [0.3, 0.4) is 0 Å². The molecule has 0 amide bonds. The summed E-state index contributed by atoms with van der Waals surface area (Å²) in [5, 5.41) is 34.0. The minimum absolute atomic E-state index is 0. The largest absolute Gasteiger partial charge is 1.00 e.